The van der Waals surface area contributed by atoms with Gasteiger partial charge < -0.3 is 14.6 Å². The van der Waals surface area contributed by atoms with E-state index in [1.54, 1.807) is 19.9 Å². The molecule has 1 saturated carbocycles. The number of hydrogen-bond donors (Lipinski definition) is 2. The minimum absolute atomic E-state index is 0.0989. The van der Waals surface area contributed by atoms with E-state index in [2.05, 4.69) is 22.1 Å². The number of imide groups is 1. The number of rotatable bonds is 6. The summed E-state index contributed by atoms with van der Waals surface area (Å²) in [5.41, 5.74) is 3.24. The molecule has 142 valence electrons. The molecule has 7 heteroatoms. The molecule has 3 amide bonds. The highest BCUT2D eigenvalue weighted by Gasteiger charge is 2.26. The van der Waals surface area contributed by atoms with Crippen LogP contribution in [0.3, 0.4) is 0 Å². The number of nitrogens with zero attached hydrogens (tertiary/aromatic N) is 1. The lowest BCUT2D eigenvalue weighted by Gasteiger charge is -2.13. The summed E-state index contributed by atoms with van der Waals surface area (Å²) >= 11 is 0. The number of carbonyl (C=O) groups excluding carboxylic acids is 3. The summed E-state index contributed by atoms with van der Waals surface area (Å²) in [6.07, 6.45) is 4.32. The van der Waals surface area contributed by atoms with Crippen LogP contribution in [0.15, 0.2) is 12.1 Å². The SMILES string of the molecule is Cc1cc(/C=C/C(=O)O[C@H](C)C(=O)NC(=O)NC(C)C)c(C)n1C1CC1. The van der Waals surface area contributed by atoms with Gasteiger partial charge in [0.1, 0.15) is 0 Å². The Bertz CT molecular complexity index is 729. The highest BCUT2D eigenvalue weighted by molar-refractivity contribution is 5.98. The maximum atomic E-state index is 11.9. The topological polar surface area (TPSA) is 89.4 Å². The van der Waals surface area contributed by atoms with Gasteiger partial charge in [0.2, 0.25) is 0 Å². The fourth-order valence-corrected chi connectivity index (χ4v) is 2.80. The second-order valence-electron chi connectivity index (χ2n) is 6.96. The molecule has 0 unspecified atom stereocenters. The van der Waals surface area contributed by atoms with E-state index in [9.17, 15) is 14.4 Å². The molecule has 7 nitrogen and oxygen atoms in total. The molecular weight excluding hydrogens is 334 g/mol. The zero-order valence-corrected chi connectivity index (χ0v) is 16.0. The van der Waals surface area contributed by atoms with Crippen molar-refractivity contribution in [2.75, 3.05) is 0 Å². The standard InChI is InChI=1S/C19H27N3O4/c1-11(2)20-19(25)21-18(24)14(5)26-17(23)9-6-15-10-12(3)22(13(15)4)16-7-8-16/h6,9-11,14,16H,7-8H2,1-5H3,(H2,20,21,24,25)/b9-6+/t14-/m1/s1. The number of esters is 1. The van der Waals surface area contributed by atoms with Gasteiger partial charge in [-0.2, -0.15) is 0 Å². The van der Waals surface area contributed by atoms with Gasteiger partial charge in [-0.05, 0) is 65.2 Å². The van der Waals surface area contributed by atoms with Crippen molar-refractivity contribution in [2.45, 2.75) is 65.6 Å². The summed E-state index contributed by atoms with van der Waals surface area (Å²) in [5.74, 6) is -1.30. The molecule has 0 aromatic carbocycles. The van der Waals surface area contributed by atoms with Gasteiger partial charge in [-0.25, -0.2) is 9.59 Å². The van der Waals surface area contributed by atoms with Crippen molar-refractivity contribution in [1.29, 1.82) is 0 Å². The van der Waals surface area contributed by atoms with Crippen molar-refractivity contribution in [3.05, 3.63) is 29.1 Å². The molecule has 1 aliphatic carbocycles. The largest absolute Gasteiger partial charge is 0.449 e. The zero-order chi connectivity index (χ0) is 19.4. The molecule has 2 N–H and O–H groups in total. The summed E-state index contributed by atoms with van der Waals surface area (Å²) in [6, 6.07) is 1.89. The summed E-state index contributed by atoms with van der Waals surface area (Å²) in [5, 5.41) is 4.66. The van der Waals surface area contributed by atoms with Crippen molar-refractivity contribution >= 4 is 24.0 Å². The molecule has 1 aromatic heterocycles. The Balaban J connectivity index is 1.89. The minimum Gasteiger partial charge on any atom is -0.449 e. The van der Waals surface area contributed by atoms with E-state index in [1.165, 1.54) is 31.5 Å². The lowest BCUT2D eigenvalue weighted by atomic mass is 10.2. The molecule has 0 radical (unpaired) electrons. The summed E-state index contributed by atoms with van der Waals surface area (Å²) < 4.78 is 7.34. The predicted octanol–water partition coefficient (Wildman–Crippen LogP) is 2.62. The quantitative estimate of drug-likeness (QED) is 0.602. The van der Waals surface area contributed by atoms with Gasteiger partial charge in [0, 0.05) is 29.5 Å². The van der Waals surface area contributed by atoms with Crippen molar-refractivity contribution in [3.8, 4) is 0 Å². The fourth-order valence-electron chi connectivity index (χ4n) is 2.80. The first kappa shape index (κ1) is 19.8. The molecule has 1 atom stereocenters. The Labute approximate surface area is 153 Å². The van der Waals surface area contributed by atoms with Crippen LogP contribution in [-0.2, 0) is 14.3 Å². The number of urea groups is 1. The first-order chi connectivity index (χ1) is 12.2. The molecule has 0 bridgehead atoms. The Morgan fingerprint density at radius 1 is 1.23 bits per heavy atom. The van der Waals surface area contributed by atoms with Gasteiger partial charge >= 0.3 is 12.0 Å². The third-order valence-electron chi connectivity index (χ3n) is 4.15. The van der Waals surface area contributed by atoms with E-state index in [-0.39, 0.29) is 6.04 Å². The molecule has 2 rings (SSSR count). The van der Waals surface area contributed by atoms with Crippen LogP contribution in [0.1, 0.15) is 56.6 Å². The first-order valence-electron chi connectivity index (χ1n) is 8.87. The Hall–Kier alpha value is -2.57. The second-order valence-corrected chi connectivity index (χ2v) is 6.96. The maximum Gasteiger partial charge on any atom is 0.331 e. The van der Waals surface area contributed by atoms with Gasteiger partial charge in [0.05, 0.1) is 0 Å². The summed E-state index contributed by atoms with van der Waals surface area (Å²) in [7, 11) is 0. The Morgan fingerprint density at radius 3 is 2.46 bits per heavy atom. The molecule has 26 heavy (non-hydrogen) atoms. The third kappa shape index (κ3) is 5.21. The van der Waals surface area contributed by atoms with Crippen LogP contribution in [0.25, 0.3) is 6.08 Å². The lowest BCUT2D eigenvalue weighted by molar-refractivity contribution is -0.149. The zero-order valence-electron chi connectivity index (χ0n) is 16.0. The van der Waals surface area contributed by atoms with E-state index in [1.807, 2.05) is 13.0 Å². The van der Waals surface area contributed by atoms with Crippen LogP contribution in [0.5, 0.6) is 0 Å². The first-order valence-corrected chi connectivity index (χ1v) is 8.87. The van der Waals surface area contributed by atoms with Crippen molar-refractivity contribution < 1.29 is 19.1 Å². The molecule has 1 aliphatic rings. The number of aromatic nitrogens is 1. The molecular formula is C19H27N3O4. The van der Waals surface area contributed by atoms with E-state index in [0.717, 1.165) is 11.3 Å². The molecule has 0 saturated heterocycles. The Kier molecular flexibility index (Phi) is 6.23. The monoisotopic (exact) mass is 361 g/mol. The van der Waals surface area contributed by atoms with E-state index in [0.29, 0.717) is 6.04 Å². The van der Waals surface area contributed by atoms with Crippen LogP contribution in [0.2, 0.25) is 0 Å². The van der Waals surface area contributed by atoms with Crippen LogP contribution < -0.4 is 10.6 Å². The third-order valence-corrected chi connectivity index (χ3v) is 4.15. The van der Waals surface area contributed by atoms with Crippen LogP contribution >= 0.6 is 0 Å². The molecule has 1 heterocycles. The smallest absolute Gasteiger partial charge is 0.331 e. The van der Waals surface area contributed by atoms with Crippen LogP contribution in [0, 0.1) is 13.8 Å². The van der Waals surface area contributed by atoms with Gasteiger partial charge in [-0.3, -0.25) is 10.1 Å². The average molecular weight is 361 g/mol. The molecule has 1 aromatic rings. The predicted molar refractivity (Wildman–Crippen MR) is 98.6 cm³/mol. The number of amides is 3. The van der Waals surface area contributed by atoms with Crippen LogP contribution in [0.4, 0.5) is 4.79 Å². The van der Waals surface area contributed by atoms with E-state index < -0.39 is 24.0 Å². The Morgan fingerprint density at radius 2 is 1.88 bits per heavy atom. The molecule has 1 fully saturated rings. The van der Waals surface area contributed by atoms with E-state index in [4.69, 9.17) is 4.74 Å². The minimum atomic E-state index is -1.07. The van der Waals surface area contributed by atoms with Crippen LogP contribution in [-0.4, -0.2) is 34.6 Å². The van der Waals surface area contributed by atoms with E-state index >= 15 is 0 Å². The fraction of sp³-hybridized carbons (Fsp3) is 0.526. The highest BCUT2D eigenvalue weighted by Crippen LogP contribution is 2.38. The van der Waals surface area contributed by atoms with Gasteiger partial charge in [-0.1, -0.05) is 0 Å². The molecule has 0 aliphatic heterocycles. The lowest BCUT2D eigenvalue weighted by Crippen LogP contribution is -2.46. The maximum absolute atomic E-state index is 11.9. The van der Waals surface area contributed by atoms with Gasteiger partial charge in [-0.15, -0.1) is 0 Å². The normalized spacial score (nSPS) is 15.2. The number of ether oxygens (including phenoxy) is 1. The number of hydrogen-bond acceptors (Lipinski definition) is 4. The van der Waals surface area contributed by atoms with Crippen molar-refractivity contribution in [3.63, 3.8) is 0 Å². The highest BCUT2D eigenvalue weighted by atomic mass is 16.5. The van der Waals surface area contributed by atoms with Crippen molar-refractivity contribution in [1.82, 2.24) is 15.2 Å². The van der Waals surface area contributed by atoms with Gasteiger partial charge in [0.25, 0.3) is 5.91 Å². The van der Waals surface area contributed by atoms with Gasteiger partial charge in [0.15, 0.2) is 6.10 Å². The number of aryl methyl sites for hydroxylation is 1. The summed E-state index contributed by atoms with van der Waals surface area (Å²) in [4.78, 5) is 35.3. The average Bonchev–Trinajstić information content (AvgIpc) is 3.30. The number of nitrogens with one attached hydrogen (secondary N) is 2. The number of carbonyl (C=O) groups is 3. The summed E-state index contributed by atoms with van der Waals surface area (Å²) in [6.45, 7) is 9.05. The molecule has 0 spiro atoms. The second kappa shape index (κ2) is 8.21. The van der Waals surface area contributed by atoms with Crippen molar-refractivity contribution in [2.24, 2.45) is 0 Å².